The van der Waals surface area contributed by atoms with E-state index < -0.39 is 0 Å². The van der Waals surface area contributed by atoms with E-state index in [1.54, 1.807) is 12.1 Å². The number of hydrogen-bond acceptors (Lipinski definition) is 2. The van der Waals surface area contributed by atoms with Crippen LogP contribution in [0.2, 0.25) is 0 Å². The Hall–Kier alpha value is -1.00. The van der Waals surface area contributed by atoms with Gasteiger partial charge in [0.15, 0.2) is 5.78 Å². The van der Waals surface area contributed by atoms with Crippen LogP contribution in [0, 0.1) is 11.7 Å². The van der Waals surface area contributed by atoms with Gasteiger partial charge >= 0.3 is 0 Å². The number of hydrogen-bond donors (Lipinski definition) is 0. The van der Waals surface area contributed by atoms with Crippen molar-refractivity contribution >= 4 is 33.0 Å². The molecule has 0 atom stereocenters. The largest absolute Gasteiger partial charge is 0.293 e. The smallest absolute Gasteiger partial charge is 0.175 e. The van der Waals surface area contributed by atoms with Crippen molar-refractivity contribution < 1.29 is 9.18 Å². The van der Waals surface area contributed by atoms with E-state index >= 15 is 0 Å². The Balaban J connectivity index is 2.41. The zero-order chi connectivity index (χ0) is 13.3. The first-order chi connectivity index (χ1) is 8.49. The van der Waals surface area contributed by atoms with Gasteiger partial charge in [0.2, 0.25) is 0 Å². The quantitative estimate of drug-likeness (QED) is 0.712. The molecule has 18 heavy (non-hydrogen) atoms. The number of halogens is 2. The summed E-state index contributed by atoms with van der Waals surface area (Å²) >= 11 is 4.80. The first-order valence-corrected chi connectivity index (χ1v) is 7.19. The first-order valence-electron chi connectivity index (χ1n) is 5.58. The number of carbonyl (C=O) groups is 1. The fraction of sp³-hybridized carbons (Fsp3) is 0.214. The van der Waals surface area contributed by atoms with Gasteiger partial charge in [0.05, 0.1) is 4.88 Å². The Morgan fingerprint density at radius 2 is 2.00 bits per heavy atom. The second-order valence-electron chi connectivity index (χ2n) is 4.31. The predicted octanol–water partition coefficient (Wildman–Crippen LogP) is 5.16. The van der Waals surface area contributed by atoms with Gasteiger partial charge in [-0.1, -0.05) is 29.8 Å². The summed E-state index contributed by atoms with van der Waals surface area (Å²) < 4.78 is 14.1. The van der Waals surface area contributed by atoms with Gasteiger partial charge in [-0.2, -0.15) is 0 Å². The minimum Gasteiger partial charge on any atom is -0.293 e. The van der Waals surface area contributed by atoms with E-state index in [0.717, 1.165) is 19.8 Å². The lowest BCUT2D eigenvalue weighted by molar-refractivity contribution is 0.0943. The molecule has 0 aliphatic heterocycles. The number of thiophene rings is 1. The third kappa shape index (κ3) is 2.70. The molecule has 0 bridgehead atoms. The van der Waals surface area contributed by atoms with Crippen LogP contribution in [-0.2, 0) is 0 Å². The van der Waals surface area contributed by atoms with Gasteiger partial charge < -0.3 is 0 Å². The van der Waals surface area contributed by atoms with Gasteiger partial charge in [-0.15, -0.1) is 11.3 Å². The molecule has 0 spiro atoms. The molecule has 0 radical (unpaired) electrons. The van der Waals surface area contributed by atoms with Crippen LogP contribution in [-0.4, -0.2) is 5.78 Å². The number of carbonyl (C=O) groups excluding carboxylic acids is 1. The Morgan fingerprint density at radius 3 is 2.67 bits per heavy atom. The molecule has 0 unspecified atom stereocenters. The Labute approximate surface area is 118 Å². The van der Waals surface area contributed by atoms with Crippen LogP contribution in [0.3, 0.4) is 0 Å². The lowest BCUT2D eigenvalue weighted by atomic mass is 10.1. The molecule has 1 aromatic heterocycles. The summed E-state index contributed by atoms with van der Waals surface area (Å²) in [7, 11) is 0. The van der Waals surface area contributed by atoms with E-state index in [4.69, 9.17) is 0 Å². The van der Waals surface area contributed by atoms with Gasteiger partial charge in [0.25, 0.3) is 0 Å². The lowest BCUT2D eigenvalue weighted by Gasteiger charge is -2.02. The molecule has 0 aliphatic carbocycles. The van der Waals surface area contributed by atoms with Crippen molar-refractivity contribution in [2.45, 2.75) is 13.8 Å². The number of Topliss-reactive ketones (excluding diaryl/α,β-unsaturated/α-hetero) is 1. The highest BCUT2D eigenvalue weighted by Gasteiger charge is 2.14. The van der Waals surface area contributed by atoms with E-state index in [-0.39, 0.29) is 17.5 Å². The molecule has 0 amide bonds. The molecular weight excluding hydrogens is 315 g/mol. The number of benzene rings is 1. The lowest BCUT2D eigenvalue weighted by Crippen LogP contribution is -2.04. The summed E-state index contributed by atoms with van der Waals surface area (Å²) in [5.74, 6) is -0.176. The number of rotatable bonds is 3. The average Bonchev–Trinajstić information content (AvgIpc) is 2.80. The first kappa shape index (κ1) is 13.4. The summed E-state index contributed by atoms with van der Waals surface area (Å²) in [6.45, 7) is 3.75. The van der Waals surface area contributed by atoms with Crippen molar-refractivity contribution in [1.82, 2.24) is 0 Å². The van der Waals surface area contributed by atoms with Crippen molar-refractivity contribution in [3.8, 4) is 10.4 Å². The average molecular weight is 327 g/mol. The highest BCUT2D eigenvalue weighted by atomic mass is 79.9. The van der Waals surface area contributed by atoms with Gasteiger partial charge in [0, 0.05) is 20.8 Å². The van der Waals surface area contributed by atoms with Crippen LogP contribution in [0.1, 0.15) is 23.5 Å². The Kier molecular flexibility index (Phi) is 3.97. The van der Waals surface area contributed by atoms with Crippen LogP contribution >= 0.6 is 27.3 Å². The topological polar surface area (TPSA) is 17.1 Å². The minimum absolute atomic E-state index is 0.0209. The minimum atomic E-state index is -0.279. The van der Waals surface area contributed by atoms with Crippen LogP contribution in [0.4, 0.5) is 4.39 Å². The third-order valence-corrected chi connectivity index (χ3v) is 4.39. The van der Waals surface area contributed by atoms with Crippen LogP contribution in [0.15, 0.2) is 34.8 Å². The van der Waals surface area contributed by atoms with Crippen molar-refractivity contribution in [2.24, 2.45) is 5.92 Å². The molecule has 2 aromatic rings. The molecule has 1 aromatic carbocycles. The third-order valence-electron chi connectivity index (χ3n) is 2.57. The second-order valence-corrected chi connectivity index (χ2v) is 6.25. The molecular formula is C14H12BrFOS. The Bertz CT molecular complexity index is 589. The standard InChI is InChI=1S/C14H12BrFOS/c1-8(2)14(17)13-6-5-12(18-13)10-7-9(16)3-4-11(10)15/h3-8H,1-2H3. The van der Waals surface area contributed by atoms with Gasteiger partial charge in [-0.3, -0.25) is 4.79 Å². The second kappa shape index (κ2) is 5.33. The maximum absolute atomic E-state index is 13.2. The molecule has 0 aliphatic rings. The molecule has 94 valence electrons. The summed E-state index contributed by atoms with van der Waals surface area (Å²) in [5.41, 5.74) is 0.780. The summed E-state index contributed by atoms with van der Waals surface area (Å²) in [6.07, 6.45) is 0. The summed E-state index contributed by atoms with van der Waals surface area (Å²) in [5, 5.41) is 0. The van der Waals surface area contributed by atoms with Crippen molar-refractivity contribution in [2.75, 3.05) is 0 Å². The molecule has 1 nitrogen and oxygen atoms in total. The zero-order valence-electron chi connectivity index (χ0n) is 10.0. The predicted molar refractivity (Wildman–Crippen MR) is 76.6 cm³/mol. The molecule has 0 fully saturated rings. The Morgan fingerprint density at radius 1 is 1.28 bits per heavy atom. The van der Waals surface area contributed by atoms with E-state index in [1.165, 1.54) is 23.5 Å². The normalized spacial score (nSPS) is 10.9. The summed E-state index contributed by atoms with van der Waals surface area (Å²) in [4.78, 5) is 13.5. The molecule has 0 N–H and O–H groups in total. The highest BCUT2D eigenvalue weighted by Crippen LogP contribution is 2.34. The van der Waals surface area contributed by atoms with E-state index in [1.807, 2.05) is 19.9 Å². The molecule has 0 saturated carbocycles. The van der Waals surface area contributed by atoms with Gasteiger partial charge in [0.1, 0.15) is 5.82 Å². The SMILES string of the molecule is CC(C)C(=O)c1ccc(-c2cc(F)ccc2Br)s1. The van der Waals surface area contributed by atoms with E-state index in [9.17, 15) is 9.18 Å². The maximum Gasteiger partial charge on any atom is 0.175 e. The zero-order valence-corrected chi connectivity index (χ0v) is 12.4. The van der Waals surface area contributed by atoms with Crippen molar-refractivity contribution in [1.29, 1.82) is 0 Å². The summed E-state index contributed by atoms with van der Waals surface area (Å²) in [6, 6.07) is 8.22. The number of ketones is 1. The monoisotopic (exact) mass is 326 g/mol. The van der Waals surface area contributed by atoms with Crippen molar-refractivity contribution in [3.63, 3.8) is 0 Å². The molecule has 0 saturated heterocycles. The van der Waals surface area contributed by atoms with Crippen LogP contribution in [0.25, 0.3) is 10.4 Å². The fourth-order valence-corrected chi connectivity index (χ4v) is 3.30. The molecule has 4 heteroatoms. The van der Waals surface area contributed by atoms with Crippen LogP contribution < -0.4 is 0 Å². The van der Waals surface area contributed by atoms with Crippen molar-refractivity contribution in [3.05, 3.63) is 45.5 Å². The fourth-order valence-electron chi connectivity index (χ4n) is 1.59. The molecule has 2 rings (SSSR count). The molecule has 1 heterocycles. The van der Waals surface area contributed by atoms with E-state index in [0.29, 0.717) is 0 Å². The maximum atomic E-state index is 13.2. The van der Waals surface area contributed by atoms with Gasteiger partial charge in [-0.05, 0) is 30.3 Å². The highest BCUT2D eigenvalue weighted by molar-refractivity contribution is 9.10. The van der Waals surface area contributed by atoms with Gasteiger partial charge in [-0.25, -0.2) is 4.39 Å². The van der Waals surface area contributed by atoms with E-state index in [2.05, 4.69) is 15.9 Å². The van der Waals surface area contributed by atoms with Crippen LogP contribution in [0.5, 0.6) is 0 Å².